The smallest absolute Gasteiger partial charge is 0.320 e. The van der Waals surface area contributed by atoms with E-state index in [0.29, 0.717) is 29.9 Å². The lowest BCUT2D eigenvalue weighted by Gasteiger charge is -2.21. The molecule has 1 aromatic heterocycles. The second kappa shape index (κ2) is 11.0. The van der Waals surface area contributed by atoms with E-state index in [0.717, 1.165) is 23.5 Å². The van der Waals surface area contributed by atoms with E-state index in [4.69, 9.17) is 16.3 Å². The zero-order valence-electron chi connectivity index (χ0n) is 20.9. The molecule has 0 radical (unpaired) electrons. The average molecular weight is 516 g/mol. The fourth-order valence-electron chi connectivity index (χ4n) is 4.86. The topological polar surface area (TPSA) is 71.4 Å². The van der Waals surface area contributed by atoms with Gasteiger partial charge in [0, 0.05) is 19.0 Å². The summed E-state index contributed by atoms with van der Waals surface area (Å²) in [6.07, 6.45) is 0. The Labute approximate surface area is 222 Å². The first-order valence-electron chi connectivity index (χ1n) is 12.4. The maximum absolute atomic E-state index is 13.4. The largest absolute Gasteiger partial charge is 0.477 e. The number of carbonyl (C=O) groups excluding carboxylic acids is 1. The number of hydrogen-bond acceptors (Lipinski definition) is 4. The number of nitrogens with zero attached hydrogens (tertiary/aromatic N) is 3. The number of anilines is 2. The summed E-state index contributed by atoms with van der Waals surface area (Å²) in [7, 11) is 0. The first kappa shape index (κ1) is 24.7. The summed E-state index contributed by atoms with van der Waals surface area (Å²) in [6, 6.07) is 27.4. The van der Waals surface area contributed by atoms with Gasteiger partial charge in [-0.3, -0.25) is 5.32 Å². The van der Waals surface area contributed by atoms with E-state index in [1.807, 2.05) is 86.6 Å². The number of benzene rings is 3. The molecule has 190 valence electrons. The van der Waals surface area contributed by atoms with Crippen molar-refractivity contribution >= 4 is 29.1 Å². The van der Waals surface area contributed by atoms with Crippen LogP contribution in [0.2, 0.25) is 5.02 Å². The van der Waals surface area contributed by atoms with Crippen LogP contribution < -0.4 is 20.3 Å². The Morgan fingerprint density at radius 2 is 1.68 bits per heavy atom. The molecule has 1 fully saturated rings. The molecule has 0 saturated carbocycles. The number of rotatable bonds is 7. The summed E-state index contributed by atoms with van der Waals surface area (Å²) in [6.45, 7) is 5.67. The third-order valence-corrected chi connectivity index (χ3v) is 6.97. The normalized spacial score (nSPS) is 17.0. The van der Waals surface area contributed by atoms with Crippen molar-refractivity contribution in [3.8, 4) is 11.6 Å². The quantitative estimate of drug-likeness (QED) is 0.315. The second-order valence-electron chi connectivity index (χ2n) is 9.04. The van der Waals surface area contributed by atoms with Crippen LogP contribution in [-0.4, -0.2) is 41.5 Å². The number of ether oxygens (including phenoxy) is 1. The molecule has 4 aromatic rings. The Kier molecular flexibility index (Phi) is 7.32. The monoisotopic (exact) mass is 515 g/mol. The van der Waals surface area contributed by atoms with Crippen LogP contribution in [0.4, 0.5) is 16.3 Å². The number of amides is 2. The van der Waals surface area contributed by atoms with Crippen molar-refractivity contribution in [3.05, 3.63) is 101 Å². The van der Waals surface area contributed by atoms with E-state index < -0.39 is 0 Å². The van der Waals surface area contributed by atoms with Gasteiger partial charge in [0.1, 0.15) is 5.82 Å². The summed E-state index contributed by atoms with van der Waals surface area (Å²) in [5, 5.41) is 11.6. The molecule has 2 N–H and O–H groups in total. The first-order chi connectivity index (χ1) is 18.0. The lowest BCUT2D eigenvalue weighted by Crippen LogP contribution is -2.42. The summed E-state index contributed by atoms with van der Waals surface area (Å²) in [4.78, 5) is 15.6. The van der Waals surface area contributed by atoms with E-state index in [1.54, 1.807) is 4.68 Å². The van der Waals surface area contributed by atoms with E-state index >= 15 is 0 Å². The van der Waals surface area contributed by atoms with Crippen LogP contribution >= 0.6 is 11.6 Å². The molecule has 0 spiro atoms. The van der Waals surface area contributed by atoms with Gasteiger partial charge >= 0.3 is 6.03 Å². The van der Waals surface area contributed by atoms with Crippen LogP contribution in [0.3, 0.4) is 0 Å². The van der Waals surface area contributed by atoms with Crippen molar-refractivity contribution < 1.29 is 9.53 Å². The highest BCUT2D eigenvalue weighted by Gasteiger charge is 2.36. The third kappa shape index (κ3) is 5.27. The SMILES string of the molecule is CCOc1nn(-c2ccccc2)c(NC(=O)NC2CN(c3ccccc3Cl)CC2c2ccccc2)c1C. The second-order valence-corrected chi connectivity index (χ2v) is 9.44. The van der Waals surface area contributed by atoms with E-state index in [2.05, 4.69) is 32.8 Å². The maximum Gasteiger partial charge on any atom is 0.320 e. The molecule has 0 aliphatic carbocycles. The van der Waals surface area contributed by atoms with Gasteiger partial charge in [-0.25, -0.2) is 9.48 Å². The zero-order chi connectivity index (χ0) is 25.8. The number of hydrogen-bond donors (Lipinski definition) is 2. The van der Waals surface area contributed by atoms with Crippen molar-refractivity contribution in [2.24, 2.45) is 0 Å². The molecular formula is C29H30ClN5O2. The number of nitrogens with one attached hydrogen (secondary N) is 2. The van der Waals surface area contributed by atoms with Crippen molar-refractivity contribution in [1.29, 1.82) is 0 Å². The van der Waals surface area contributed by atoms with Crippen molar-refractivity contribution in [2.75, 3.05) is 29.9 Å². The Balaban J connectivity index is 1.40. The molecular weight excluding hydrogens is 486 g/mol. The van der Waals surface area contributed by atoms with Gasteiger partial charge in [-0.05, 0) is 43.7 Å². The molecule has 2 heterocycles. The molecule has 3 aromatic carbocycles. The highest BCUT2D eigenvalue weighted by molar-refractivity contribution is 6.33. The Morgan fingerprint density at radius 1 is 1.00 bits per heavy atom. The molecule has 37 heavy (non-hydrogen) atoms. The van der Waals surface area contributed by atoms with Crippen LogP contribution in [0.5, 0.6) is 5.88 Å². The van der Waals surface area contributed by atoms with E-state index in [-0.39, 0.29) is 18.0 Å². The molecule has 2 amide bonds. The van der Waals surface area contributed by atoms with Crippen LogP contribution in [-0.2, 0) is 0 Å². The Hall–Kier alpha value is -3.97. The van der Waals surface area contributed by atoms with E-state index in [1.165, 1.54) is 5.56 Å². The van der Waals surface area contributed by atoms with Gasteiger partial charge in [0.05, 0.1) is 34.6 Å². The minimum atomic E-state index is -0.296. The van der Waals surface area contributed by atoms with Gasteiger partial charge < -0.3 is 15.0 Å². The highest BCUT2D eigenvalue weighted by atomic mass is 35.5. The molecule has 0 bridgehead atoms. The highest BCUT2D eigenvalue weighted by Crippen LogP contribution is 2.35. The van der Waals surface area contributed by atoms with Crippen LogP contribution in [0.25, 0.3) is 5.69 Å². The predicted molar refractivity (Wildman–Crippen MR) is 148 cm³/mol. The molecule has 7 nitrogen and oxygen atoms in total. The fourth-order valence-corrected chi connectivity index (χ4v) is 5.11. The summed E-state index contributed by atoms with van der Waals surface area (Å²) < 4.78 is 7.43. The van der Waals surface area contributed by atoms with Crippen molar-refractivity contribution in [3.63, 3.8) is 0 Å². The maximum atomic E-state index is 13.4. The molecule has 2 unspecified atom stereocenters. The van der Waals surface area contributed by atoms with Crippen LogP contribution in [0, 0.1) is 6.92 Å². The summed E-state index contributed by atoms with van der Waals surface area (Å²) in [5.74, 6) is 1.17. The lowest BCUT2D eigenvalue weighted by atomic mass is 9.94. The zero-order valence-corrected chi connectivity index (χ0v) is 21.7. The average Bonchev–Trinajstić information content (AvgIpc) is 3.47. The van der Waals surface area contributed by atoms with Crippen molar-refractivity contribution in [2.45, 2.75) is 25.8 Å². The third-order valence-electron chi connectivity index (χ3n) is 6.65. The molecule has 1 aliphatic rings. The number of carbonyl (C=O) groups is 1. The number of urea groups is 1. The van der Waals surface area contributed by atoms with Crippen LogP contribution in [0.1, 0.15) is 24.0 Å². The van der Waals surface area contributed by atoms with Crippen LogP contribution in [0.15, 0.2) is 84.9 Å². The van der Waals surface area contributed by atoms with Gasteiger partial charge in [0.2, 0.25) is 5.88 Å². The molecule has 2 atom stereocenters. The lowest BCUT2D eigenvalue weighted by molar-refractivity contribution is 0.248. The Morgan fingerprint density at radius 3 is 2.38 bits per heavy atom. The van der Waals surface area contributed by atoms with Gasteiger partial charge in [-0.1, -0.05) is 72.3 Å². The van der Waals surface area contributed by atoms with Gasteiger partial charge in [0.15, 0.2) is 0 Å². The van der Waals surface area contributed by atoms with Gasteiger partial charge in [0.25, 0.3) is 0 Å². The van der Waals surface area contributed by atoms with Crippen molar-refractivity contribution in [1.82, 2.24) is 15.1 Å². The fraction of sp³-hybridized carbons (Fsp3) is 0.241. The summed E-state index contributed by atoms with van der Waals surface area (Å²) in [5.41, 5.74) is 3.74. The number of aromatic nitrogens is 2. The number of para-hydroxylation sites is 2. The Bertz CT molecular complexity index is 1360. The van der Waals surface area contributed by atoms with E-state index in [9.17, 15) is 4.79 Å². The molecule has 5 rings (SSSR count). The standard InChI is InChI=1S/C29H30ClN5O2/c1-3-37-28-20(2)27(35(33-28)22-14-8-5-9-15-22)32-29(36)31-25-19-34(26-17-11-10-16-24(26)30)18-23(25)21-12-6-4-7-13-21/h4-17,23,25H,3,18-19H2,1-2H3,(H2,31,32,36). The molecule has 8 heteroatoms. The molecule has 1 saturated heterocycles. The van der Waals surface area contributed by atoms with Gasteiger partial charge in [-0.2, -0.15) is 0 Å². The minimum absolute atomic E-state index is 0.0994. The number of halogens is 1. The first-order valence-corrected chi connectivity index (χ1v) is 12.8. The minimum Gasteiger partial charge on any atom is -0.477 e. The molecule has 1 aliphatic heterocycles. The van der Waals surface area contributed by atoms with Gasteiger partial charge in [-0.15, -0.1) is 5.10 Å². The predicted octanol–water partition coefficient (Wildman–Crippen LogP) is 6.03. The summed E-state index contributed by atoms with van der Waals surface area (Å²) >= 11 is 6.52.